The van der Waals surface area contributed by atoms with Crippen LogP contribution in [-0.2, 0) is 0 Å². The predicted molar refractivity (Wildman–Crippen MR) is 39.3 cm³/mol. The van der Waals surface area contributed by atoms with Crippen LogP contribution >= 0.6 is 0 Å². The van der Waals surface area contributed by atoms with Crippen molar-refractivity contribution < 1.29 is 24.8 Å². The first-order valence-electron chi connectivity index (χ1n) is 3.51. The van der Waals surface area contributed by atoms with E-state index in [1.807, 2.05) is 0 Å². The maximum atomic E-state index is 2.77. The molecular weight excluding hydrogens is 182 g/mol. The standard InChI is InChI=1S/C7H15.Al.2ClH/c1-4-6-7(3)5-2;;;/h7H,2,4-6H2,1,3H3;;2*1H/q;+2;;/p-2. The number of rotatable bonds is 4. The SMILES string of the molecule is CCCC(C)C[CH2][Al+2].[Cl-].[Cl-]. The summed E-state index contributed by atoms with van der Waals surface area (Å²) in [4.78, 5) is 0. The molecule has 1 atom stereocenters. The van der Waals surface area contributed by atoms with E-state index in [9.17, 15) is 0 Å². The average molecular weight is 197 g/mol. The second-order valence-corrected chi connectivity index (χ2v) is 3.05. The third kappa shape index (κ3) is 11.9. The zero-order valence-electron chi connectivity index (χ0n) is 6.74. The Kier molecular flexibility index (Phi) is 22.0. The molecule has 0 nitrogen and oxygen atoms in total. The molecule has 60 valence electrons. The second-order valence-electron chi connectivity index (χ2n) is 2.47. The fraction of sp³-hybridized carbons (Fsp3) is 1.00. The first-order valence-corrected chi connectivity index (χ1v) is 4.33. The van der Waals surface area contributed by atoms with Gasteiger partial charge in [0.1, 0.15) is 0 Å². The quantitative estimate of drug-likeness (QED) is 0.409. The van der Waals surface area contributed by atoms with Gasteiger partial charge < -0.3 is 24.8 Å². The van der Waals surface area contributed by atoms with Gasteiger partial charge in [-0.15, -0.1) is 0 Å². The summed E-state index contributed by atoms with van der Waals surface area (Å²) in [5.74, 6) is 0.942. The van der Waals surface area contributed by atoms with Crippen molar-refractivity contribution in [2.45, 2.75) is 38.4 Å². The Morgan fingerprint density at radius 3 is 2.00 bits per heavy atom. The number of hydrogen-bond acceptors (Lipinski definition) is 0. The molecule has 1 unspecified atom stereocenters. The van der Waals surface area contributed by atoms with Crippen LogP contribution in [0.15, 0.2) is 0 Å². The van der Waals surface area contributed by atoms with E-state index in [1.165, 1.54) is 24.5 Å². The topological polar surface area (TPSA) is 0 Å². The summed E-state index contributed by atoms with van der Waals surface area (Å²) in [5.41, 5.74) is 0. The molecule has 0 N–H and O–H groups in total. The van der Waals surface area contributed by atoms with Gasteiger partial charge >= 0.3 is 60.6 Å². The number of halogens is 2. The van der Waals surface area contributed by atoms with Gasteiger partial charge in [-0.25, -0.2) is 0 Å². The summed E-state index contributed by atoms with van der Waals surface area (Å²) in [5, 5.41) is 1.27. The first kappa shape index (κ1) is 17.3. The van der Waals surface area contributed by atoms with Crippen molar-refractivity contribution in [3.63, 3.8) is 0 Å². The molecule has 0 saturated heterocycles. The van der Waals surface area contributed by atoms with Crippen LogP contribution in [0.4, 0.5) is 0 Å². The molecule has 0 aliphatic carbocycles. The normalized spacial score (nSPS) is 11.2. The van der Waals surface area contributed by atoms with Crippen molar-refractivity contribution in [3.05, 3.63) is 0 Å². The van der Waals surface area contributed by atoms with Crippen LogP contribution in [-0.4, -0.2) is 16.3 Å². The molecule has 0 bridgehead atoms. The summed E-state index contributed by atoms with van der Waals surface area (Å²) in [6.07, 6.45) is 4.11. The van der Waals surface area contributed by atoms with Crippen LogP contribution in [0.25, 0.3) is 0 Å². The van der Waals surface area contributed by atoms with Gasteiger partial charge in [0, 0.05) is 0 Å². The Balaban J connectivity index is -0.000000245. The van der Waals surface area contributed by atoms with Crippen molar-refractivity contribution in [1.82, 2.24) is 0 Å². The molecule has 3 heteroatoms. The number of hydrogen-bond donors (Lipinski definition) is 0. The van der Waals surface area contributed by atoms with Gasteiger partial charge in [-0.1, -0.05) is 0 Å². The summed E-state index contributed by atoms with van der Waals surface area (Å²) in [6.45, 7) is 4.58. The Morgan fingerprint density at radius 1 is 1.20 bits per heavy atom. The first-order chi connectivity index (χ1) is 3.81. The van der Waals surface area contributed by atoms with Gasteiger partial charge in [-0.05, 0) is 0 Å². The maximum Gasteiger partial charge on any atom is -1.00 e. The molecule has 0 aromatic carbocycles. The van der Waals surface area contributed by atoms with Gasteiger partial charge in [0.05, 0.1) is 0 Å². The van der Waals surface area contributed by atoms with Crippen molar-refractivity contribution in [2.75, 3.05) is 0 Å². The van der Waals surface area contributed by atoms with Crippen molar-refractivity contribution in [3.8, 4) is 0 Å². The van der Waals surface area contributed by atoms with Crippen molar-refractivity contribution in [1.29, 1.82) is 0 Å². The third-order valence-corrected chi connectivity index (χ3v) is 1.77. The molecule has 0 aromatic rings. The van der Waals surface area contributed by atoms with Crippen molar-refractivity contribution >= 4 is 16.3 Å². The van der Waals surface area contributed by atoms with Crippen LogP contribution in [0.2, 0.25) is 5.28 Å². The molecular formula is C7H15AlCl2. The van der Waals surface area contributed by atoms with Gasteiger partial charge in [0.15, 0.2) is 0 Å². The predicted octanol–water partition coefficient (Wildman–Crippen LogP) is -3.59. The van der Waals surface area contributed by atoms with Gasteiger partial charge in [-0.2, -0.15) is 0 Å². The Morgan fingerprint density at radius 2 is 1.70 bits per heavy atom. The minimum absolute atomic E-state index is 0. The van der Waals surface area contributed by atoms with Gasteiger partial charge in [0.2, 0.25) is 0 Å². The van der Waals surface area contributed by atoms with E-state index in [0.717, 1.165) is 5.92 Å². The minimum atomic E-state index is 0. The van der Waals surface area contributed by atoms with E-state index < -0.39 is 0 Å². The molecule has 0 saturated carbocycles. The third-order valence-electron chi connectivity index (χ3n) is 1.44. The van der Waals surface area contributed by atoms with E-state index in [-0.39, 0.29) is 24.8 Å². The summed E-state index contributed by atoms with van der Waals surface area (Å²) < 4.78 is 0. The van der Waals surface area contributed by atoms with Crippen LogP contribution < -0.4 is 24.8 Å². The molecule has 0 heterocycles. The molecule has 0 aliphatic heterocycles. The van der Waals surface area contributed by atoms with Gasteiger partial charge in [-0.3, -0.25) is 0 Å². The zero-order valence-corrected chi connectivity index (χ0v) is 9.41. The second kappa shape index (κ2) is 12.8. The van der Waals surface area contributed by atoms with Gasteiger partial charge in [0.25, 0.3) is 0 Å². The molecule has 0 fully saturated rings. The van der Waals surface area contributed by atoms with Crippen LogP contribution in [0.5, 0.6) is 0 Å². The Bertz CT molecular complexity index is 44.9. The minimum Gasteiger partial charge on any atom is -1.00 e. The monoisotopic (exact) mass is 196 g/mol. The van der Waals surface area contributed by atoms with E-state index in [2.05, 4.69) is 30.1 Å². The zero-order chi connectivity index (χ0) is 6.41. The largest absolute Gasteiger partial charge is 1.00 e. The van der Waals surface area contributed by atoms with Crippen LogP contribution in [0.3, 0.4) is 0 Å². The fourth-order valence-electron chi connectivity index (χ4n) is 0.922. The molecule has 0 rings (SSSR count). The maximum absolute atomic E-state index is 2.77. The molecule has 0 aromatic heterocycles. The fourth-order valence-corrected chi connectivity index (χ4v) is 1.49. The average Bonchev–Trinajstić information content (AvgIpc) is 1.68. The van der Waals surface area contributed by atoms with E-state index >= 15 is 0 Å². The molecule has 0 amide bonds. The molecule has 0 radical (unpaired) electrons. The Labute approximate surface area is 85.4 Å². The van der Waals surface area contributed by atoms with E-state index in [4.69, 9.17) is 0 Å². The smallest absolute Gasteiger partial charge is 1.00 e. The molecule has 10 heavy (non-hydrogen) atoms. The molecule has 0 spiro atoms. The summed E-state index contributed by atoms with van der Waals surface area (Å²) >= 11 is 2.77. The summed E-state index contributed by atoms with van der Waals surface area (Å²) in [6, 6.07) is 0. The van der Waals surface area contributed by atoms with Crippen LogP contribution in [0, 0.1) is 5.92 Å². The van der Waals surface area contributed by atoms with Crippen molar-refractivity contribution in [2.24, 2.45) is 5.92 Å². The van der Waals surface area contributed by atoms with Crippen LogP contribution in [0.1, 0.15) is 33.1 Å². The van der Waals surface area contributed by atoms with E-state index in [0.29, 0.717) is 0 Å². The van der Waals surface area contributed by atoms with E-state index in [1.54, 1.807) is 0 Å². The Hall–Kier alpha value is 1.11. The summed E-state index contributed by atoms with van der Waals surface area (Å²) in [7, 11) is 0. The molecule has 0 aliphatic rings.